The first-order valence-electron chi connectivity index (χ1n) is 7.18. The van der Waals surface area contributed by atoms with Crippen LogP contribution < -0.4 is 14.8 Å². The van der Waals surface area contributed by atoms with E-state index in [0.717, 1.165) is 16.5 Å². The van der Waals surface area contributed by atoms with Gasteiger partial charge in [0.25, 0.3) is 5.91 Å². The summed E-state index contributed by atoms with van der Waals surface area (Å²) in [6.07, 6.45) is 1.03. The minimum Gasteiger partial charge on any atom is -0.497 e. The summed E-state index contributed by atoms with van der Waals surface area (Å²) in [6, 6.07) is 11.8. The molecule has 0 fully saturated rings. The average Bonchev–Trinajstić information content (AvgIpc) is 2.94. The second kappa shape index (κ2) is 6.69. The number of anilines is 2. The normalized spacial score (nSPS) is 11.3. The molecule has 0 unspecified atom stereocenters. The van der Waals surface area contributed by atoms with Gasteiger partial charge in [-0.25, -0.2) is 13.4 Å². The number of fused-ring (bicyclic) bond motifs is 1. The molecule has 0 aliphatic heterocycles. The van der Waals surface area contributed by atoms with Crippen molar-refractivity contribution in [2.45, 2.75) is 0 Å². The predicted octanol–water partition coefficient (Wildman–Crippen LogP) is 2.93. The maximum absolute atomic E-state index is 12.5. The number of hydrogen-bond donors (Lipinski definition) is 2. The second-order valence-electron chi connectivity index (χ2n) is 5.23. The molecule has 3 aromatic rings. The number of amides is 1. The van der Waals surface area contributed by atoms with Gasteiger partial charge in [-0.05, 0) is 30.3 Å². The van der Waals surface area contributed by atoms with Crippen molar-refractivity contribution in [2.24, 2.45) is 0 Å². The van der Waals surface area contributed by atoms with Gasteiger partial charge in [0.05, 0.1) is 34.8 Å². The van der Waals surface area contributed by atoms with Gasteiger partial charge in [-0.2, -0.15) is 0 Å². The highest BCUT2D eigenvalue weighted by atomic mass is 32.2. The van der Waals surface area contributed by atoms with Gasteiger partial charge in [0.2, 0.25) is 10.0 Å². The number of benzene rings is 2. The number of para-hydroxylation sites is 1. The Labute approximate surface area is 148 Å². The zero-order chi connectivity index (χ0) is 18.0. The van der Waals surface area contributed by atoms with E-state index in [1.54, 1.807) is 37.4 Å². The zero-order valence-corrected chi connectivity index (χ0v) is 15.1. The lowest BCUT2D eigenvalue weighted by Gasteiger charge is -2.09. The molecular formula is C16H15N3O4S2. The monoisotopic (exact) mass is 377 g/mol. The standard InChI is InChI=1S/C16H15N3O4S2/c1-23-10-7-8-13-14(9-10)24-16(17-13)18-15(20)11-5-3-4-6-12(11)19-25(2,21)22/h3-9,19H,1-2H3,(H,17,18,20). The molecule has 9 heteroatoms. The number of carbonyl (C=O) groups is 1. The van der Waals surface area contributed by atoms with Crippen molar-refractivity contribution >= 4 is 48.3 Å². The van der Waals surface area contributed by atoms with E-state index < -0.39 is 15.9 Å². The number of hydrogen-bond acceptors (Lipinski definition) is 6. The Balaban J connectivity index is 1.88. The Morgan fingerprint density at radius 1 is 1.20 bits per heavy atom. The maximum Gasteiger partial charge on any atom is 0.259 e. The highest BCUT2D eigenvalue weighted by Crippen LogP contribution is 2.29. The summed E-state index contributed by atoms with van der Waals surface area (Å²) in [5.41, 5.74) is 1.17. The van der Waals surface area contributed by atoms with Crippen molar-refractivity contribution in [1.82, 2.24) is 4.98 Å². The highest BCUT2D eigenvalue weighted by molar-refractivity contribution is 7.92. The first-order chi connectivity index (χ1) is 11.9. The van der Waals surface area contributed by atoms with Gasteiger partial charge in [0.1, 0.15) is 5.75 Å². The first-order valence-corrected chi connectivity index (χ1v) is 9.89. The number of sulfonamides is 1. The van der Waals surface area contributed by atoms with E-state index >= 15 is 0 Å². The summed E-state index contributed by atoms with van der Waals surface area (Å²) in [7, 11) is -1.91. The van der Waals surface area contributed by atoms with Crippen LogP contribution >= 0.6 is 11.3 Å². The van der Waals surface area contributed by atoms with Crippen LogP contribution in [0.5, 0.6) is 5.75 Å². The van der Waals surface area contributed by atoms with E-state index in [1.165, 1.54) is 17.4 Å². The van der Waals surface area contributed by atoms with Crippen LogP contribution in [0.1, 0.15) is 10.4 Å². The Kier molecular flexibility index (Phi) is 4.60. The number of aromatic nitrogens is 1. The third-order valence-electron chi connectivity index (χ3n) is 3.28. The molecule has 0 aliphatic carbocycles. The fourth-order valence-corrected chi connectivity index (χ4v) is 3.69. The largest absolute Gasteiger partial charge is 0.497 e. The second-order valence-corrected chi connectivity index (χ2v) is 8.01. The average molecular weight is 377 g/mol. The van der Waals surface area contributed by atoms with Crippen LogP contribution in [0.4, 0.5) is 10.8 Å². The van der Waals surface area contributed by atoms with Crippen molar-refractivity contribution in [3.8, 4) is 5.75 Å². The number of methoxy groups -OCH3 is 1. The third kappa shape index (κ3) is 4.06. The van der Waals surface area contributed by atoms with Crippen molar-refractivity contribution in [2.75, 3.05) is 23.4 Å². The van der Waals surface area contributed by atoms with Gasteiger partial charge in [0.15, 0.2) is 5.13 Å². The van der Waals surface area contributed by atoms with Gasteiger partial charge >= 0.3 is 0 Å². The van der Waals surface area contributed by atoms with Crippen molar-refractivity contribution in [3.63, 3.8) is 0 Å². The van der Waals surface area contributed by atoms with Crippen LogP contribution in [0.15, 0.2) is 42.5 Å². The molecule has 130 valence electrons. The fourth-order valence-electron chi connectivity index (χ4n) is 2.22. The van der Waals surface area contributed by atoms with Gasteiger partial charge < -0.3 is 4.74 Å². The number of rotatable bonds is 5. The number of ether oxygens (including phenoxy) is 1. The number of nitrogens with one attached hydrogen (secondary N) is 2. The van der Waals surface area contributed by atoms with Crippen molar-refractivity contribution < 1.29 is 17.9 Å². The lowest BCUT2D eigenvalue weighted by Crippen LogP contribution is -2.17. The molecule has 0 saturated heterocycles. The molecule has 0 aliphatic rings. The molecule has 0 bridgehead atoms. The van der Waals surface area contributed by atoms with E-state index in [0.29, 0.717) is 10.9 Å². The van der Waals surface area contributed by atoms with Gasteiger partial charge in [-0.1, -0.05) is 23.5 Å². The molecule has 0 radical (unpaired) electrons. The third-order valence-corrected chi connectivity index (χ3v) is 4.81. The summed E-state index contributed by atoms with van der Waals surface area (Å²) >= 11 is 1.31. The van der Waals surface area contributed by atoms with Crippen molar-refractivity contribution in [1.29, 1.82) is 0 Å². The zero-order valence-electron chi connectivity index (χ0n) is 13.4. The van der Waals surface area contributed by atoms with Gasteiger partial charge in [-0.3, -0.25) is 14.8 Å². The van der Waals surface area contributed by atoms with Crippen LogP contribution in [-0.2, 0) is 10.0 Å². The molecule has 1 heterocycles. The number of carbonyl (C=O) groups excluding carboxylic acids is 1. The summed E-state index contributed by atoms with van der Waals surface area (Å²) < 4.78 is 31.3. The van der Waals surface area contributed by atoms with E-state index in [4.69, 9.17) is 4.74 Å². The van der Waals surface area contributed by atoms with Crippen LogP contribution in [-0.4, -0.2) is 32.7 Å². The SMILES string of the molecule is COc1ccc2nc(NC(=O)c3ccccc3NS(C)(=O)=O)sc2c1. The van der Waals surface area contributed by atoms with Crippen LogP contribution in [0, 0.1) is 0 Å². The van der Waals surface area contributed by atoms with Gasteiger partial charge in [-0.15, -0.1) is 0 Å². The van der Waals surface area contributed by atoms with E-state index in [1.807, 2.05) is 6.07 Å². The molecule has 25 heavy (non-hydrogen) atoms. The van der Waals surface area contributed by atoms with Crippen LogP contribution in [0.25, 0.3) is 10.2 Å². The van der Waals surface area contributed by atoms with Crippen molar-refractivity contribution in [3.05, 3.63) is 48.0 Å². The van der Waals surface area contributed by atoms with E-state index in [2.05, 4.69) is 15.0 Å². The molecule has 0 spiro atoms. The molecule has 1 aromatic heterocycles. The summed E-state index contributed by atoms with van der Waals surface area (Å²) in [5, 5.41) is 3.12. The highest BCUT2D eigenvalue weighted by Gasteiger charge is 2.15. The molecule has 2 N–H and O–H groups in total. The molecule has 3 rings (SSSR count). The Morgan fingerprint density at radius 3 is 2.68 bits per heavy atom. The number of thiazole rings is 1. The summed E-state index contributed by atoms with van der Waals surface area (Å²) in [5.74, 6) is 0.259. The molecule has 0 atom stereocenters. The molecule has 1 amide bonds. The molecule has 7 nitrogen and oxygen atoms in total. The summed E-state index contributed by atoms with van der Waals surface area (Å²) in [4.78, 5) is 16.9. The Hall–Kier alpha value is -2.65. The Morgan fingerprint density at radius 2 is 1.96 bits per heavy atom. The number of nitrogens with zero attached hydrogens (tertiary/aromatic N) is 1. The minimum atomic E-state index is -3.49. The fraction of sp³-hybridized carbons (Fsp3) is 0.125. The molecule has 0 saturated carbocycles. The minimum absolute atomic E-state index is 0.213. The lowest BCUT2D eigenvalue weighted by molar-refractivity contribution is 0.102. The van der Waals surface area contributed by atoms with Crippen LogP contribution in [0.2, 0.25) is 0 Å². The maximum atomic E-state index is 12.5. The predicted molar refractivity (Wildman–Crippen MR) is 99.0 cm³/mol. The van der Waals surface area contributed by atoms with Gasteiger partial charge in [0, 0.05) is 0 Å². The quantitative estimate of drug-likeness (QED) is 0.712. The van der Waals surface area contributed by atoms with E-state index in [9.17, 15) is 13.2 Å². The molecular weight excluding hydrogens is 362 g/mol. The smallest absolute Gasteiger partial charge is 0.259 e. The lowest BCUT2D eigenvalue weighted by atomic mass is 10.2. The summed E-state index contributed by atoms with van der Waals surface area (Å²) in [6.45, 7) is 0. The van der Waals surface area contributed by atoms with Crippen LogP contribution in [0.3, 0.4) is 0 Å². The first kappa shape index (κ1) is 17.2. The van der Waals surface area contributed by atoms with E-state index in [-0.39, 0.29) is 11.3 Å². The topological polar surface area (TPSA) is 97.4 Å². The Bertz CT molecular complexity index is 1040. The molecule has 2 aromatic carbocycles.